The molecule has 0 saturated heterocycles. The SMILES string of the molecule is C=C(C)C(=O)OCCN=C=O.NCCCCN=C(N)N.O=S(=O)([O-])[O-].[Na+].[Na+]. The zero-order valence-electron chi connectivity index (χ0n) is 15.8. The van der Waals surface area contributed by atoms with Crippen molar-refractivity contribution in [2.75, 3.05) is 26.2 Å². The molecule has 0 radical (unpaired) electrons. The van der Waals surface area contributed by atoms with Gasteiger partial charge in [-0.1, -0.05) is 6.58 Å². The van der Waals surface area contributed by atoms with E-state index in [0.29, 0.717) is 18.7 Å². The Morgan fingerprint density at radius 2 is 1.67 bits per heavy atom. The molecule has 0 aliphatic rings. The number of carbonyl (C=O) groups excluding carboxylic acids is 2. The first-order valence-corrected chi connectivity index (χ1v) is 8.07. The van der Waals surface area contributed by atoms with Gasteiger partial charge in [0.1, 0.15) is 6.61 Å². The van der Waals surface area contributed by atoms with Crippen LogP contribution in [0.2, 0.25) is 0 Å². The number of ether oxygens (including phenoxy) is 1. The summed E-state index contributed by atoms with van der Waals surface area (Å²) in [6.07, 6.45) is 3.28. The fourth-order valence-electron chi connectivity index (χ4n) is 0.817. The van der Waals surface area contributed by atoms with E-state index in [1.54, 1.807) is 6.92 Å². The molecule has 0 aliphatic heterocycles. The fraction of sp³-hybridized carbons (Fsp3) is 0.583. The van der Waals surface area contributed by atoms with Crippen LogP contribution in [-0.4, -0.2) is 61.8 Å². The van der Waals surface area contributed by atoms with Gasteiger partial charge in [0.15, 0.2) is 5.96 Å². The van der Waals surface area contributed by atoms with Crippen LogP contribution in [0.5, 0.6) is 0 Å². The van der Waals surface area contributed by atoms with Crippen LogP contribution in [0.15, 0.2) is 22.1 Å². The van der Waals surface area contributed by atoms with Crippen molar-refractivity contribution in [1.29, 1.82) is 0 Å². The molecular formula is C12H23N5Na2O7S. The predicted molar refractivity (Wildman–Crippen MR) is 88.2 cm³/mol. The summed E-state index contributed by atoms with van der Waals surface area (Å²) in [5.74, 6) is -0.307. The second kappa shape index (κ2) is 25.7. The number of isocyanates is 1. The van der Waals surface area contributed by atoms with E-state index in [1.165, 1.54) is 6.08 Å². The molecule has 27 heavy (non-hydrogen) atoms. The van der Waals surface area contributed by atoms with Gasteiger partial charge in [-0.15, -0.1) is 0 Å². The Morgan fingerprint density at radius 3 is 2.00 bits per heavy atom. The minimum absolute atomic E-state index is 0. The van der Waals surface area contributed by atoms with Crippen LogP contribution in [-0.2, 0) is 24.7 Å². The molecule has 0 atom stereocenters. The molecule has 12 nitrogen and oxygen atoms in total. The quantitative estimate of drug-likeness (QED) is 0.0381. The van der Waals surface area contributed by atoms with E-state index < -0.39 is 16.4 Å². The number of aliphatic imine (C=N–C) groups is 2. The summed E-state index contributed by atoms with van der Waals surface area (Å²) in [6, 6.07) is 0. The molecule has 6 N–H and O–H groups in total. The molecule has 0 bridgehead atoms. The number of guanidine groups is 1. The van der Waals surface area contributed by atoms with Gasteiger partial charge in [-0.05, 0) is 26.3 Å². The van der Waals surface area contributed by atoms with E-state index in [1.807, 2.05) is 0 Å². The monoisotopic (exact) mass is 427 g/mol. The van der Waals surface area contributed by atoms with Crippen LogP contribution >= 0.6 is 0 Å². The molecule has 0 rings (SSSR count). The number of nitrogens with zero attached hydrogens (tertiary/aromatic N) is 2. The van der Waals surface area contributed by atoms with Crippen molar-refractivity contribution in [3.05, 3.63) is 12.2 Å². The van der Waals surface area contributed by atoms with Crippen LogP contribution in [0.1, 0.15) is 19.8 Å². The van der Waals surface area contributed by atoms with Gasteiger partial charge in [-0.3, -0.25) is 13.4 Å². The van der Waals surface area contributed by atoms with E-state index >= 15 is 0 Å². The summed E-state index contributed by atoms with van der Waals surface area (Å²) in [5.41, 5.74) is 15.7. The number of esters is 1. The second-order valence-corrected chi connectivity index (χ2v) is 4.92. The molecule has 0 spiro atoms. The number of hydrogen-bond donors (Lipinski definition) is 3. The van der Waals surface area contributed by atoms with Crippen LogP contribution in [0.25, 0.3) is 0 Å². The summed E-state index contributed by atoms with van der Waals surface area (Å²) in [4.78, 5) is 27.1. The Bertz CT molecular complexity index is 554. The summed E-state index contributed by atoms with van der Waals surface area (Å²) in [6.45, 7) is 6.57. The molecule has 0 aliphatic carbocycles. The summed E-state index contributed by atoms with van der Waals surface area (Å²) < 4.78 is 38.7. The van der Waals surface area contributed by atoms with Crippen molar-refractivity contribution in [3.63, 3.8) is 0 Å². The van der Waals surface area contributed by atoms with Gasteiger partial charge < -0.3 is 31.0 Å². The number of rotatable bonds is 8. The van der Waals surface area contributed by atoms with E-state index in [4.69, 9.17) is 34.7 Å². The van der Waals surface area contributed by atoms with Crippen LogP contribution < -0.4 is 76.3 Å². The third-order valence-electron chi connectivity index (χ3n) is 1.76. The molecule has 0 unspecified atom stereocenters. The van der Waals surface area contributed by atoms with E-state index in [0.717, 1.165) is 12.8 Å². The Morgan fingerprint density at radius 1 is 1.19 bits per heavy atom. The van der Waals surface area contributed by atoms with Gasteiger partial charge in [0.25, 0.3) is 0 Å². The van der Waals surface area contributed by atoms with Crippen molar-refractivity contribution in [3.8, 4) is 0 Å². The van der Waals surface area contributed by atoms with Gasteiger partial charge >= 0.3 is 65.1 Å². The van der Waals surface area contributed by atoms with Crippen molar-refractivity contribution in [2.45, 2.75) is 19.8 Å². The normalized spacial score (nSPS) is 8.44. The molecule has 0 fully saturated rings. The van der Waals surface area contributed by atoms with E-state index in [9.17, 15) is 9.59 Å². The summed E-state index contributed by atoms with van der Waals surface area (Å²) in [5, 5.41) is 0. The first-order valence-electron chi connectivity index (χ1n) is 6.74. The van der Waals surface area contributed by atoms with Crippen molar-refractivity contribution in [2.24, 2.45) is 27.2 Å². The largest absolute Gasteiger partial charge is 1.00 e. The molecular weight excluding hydrogens is 404 g/mol. The van der Waals surface area contributed by atoms with Crippen molar-refractivity contribution >= 4 is 28.4 Å². The van der Waals surface area contributed by atoms with Crippen molar-refractivity contribution < 1.29 is 91.0 Å². The Balaban J connectivity index is -0.0000000918. The molecule has 0 amide bonds. The van der Waals surface area contributed by atoms with Crippen LogP contribution in [0, 0.1) is 0 Å². The maximum atomic E-state index is 10.6. The van der Waals surface area contributed by atoms with Gasteiger partial charge in [0.05, 0.1) is 6.54 Å². The number of hydrogen-bond acceptors (Lipinski definition) is 10. The number of nitrogens with two attached hydrogens (primary N) is 3. The predicted octanol–water partition coefficient (Wildman–Crippen LogP) is -7.89. The van der Waals surface area contributed by atoms with Crippen LogP contribution in [0.4, 0.5) is 0 Å². The third kappa shape index (κ3) is 58.6. The third-order valence-corrected chi connectivity index (χ3v) is 1.76. The molecule has 0 aromatic rings. The smallest absolute Gasteiger partial charge is 0.759 e. The summed E-state index contributed by atoms with van der Waals surface area (Å²) in [7, 11) is -5.17. The topological polar surface area (TPSA) is 226 Å². The van der Waals surface area contributed by atoms with Crippen LogP contribution in [0.3, 0.4) is 0 Å². The number of carbonyl (C=O) groups is 1. The molecule has 0 heterocycles. The van der Waals surface area contributed by atoms with Crippen molar-refractivity contribution in [1.82, 2.24) is 0 Å². The van der Waals surface area contributed by atoms with Gasteiger partial charge in [0, 0.05) is 22.5 Å². The first kappa shape index (κ1) is 37.4. The molecule has 0 saturated carbocycles. The molecule has 0 aromatic heterocycles. The van der Waals surface area contributed by atoms with Gasteiger partial charge in [-0.25, -0.2) is 14.6 Å². The Kier molecular flexibility index (Phi) is 35.6. The van der Waals surface area contributed by atoms with Gasteiger partial charge in [0.2, 0.25) is 6.08 Å². The maximum absolute atomic E-state index is 10.6. The Labute approximate surface area is 203 Å². The first-order chi connectivity index (χ1) is 11.5. The fourth-order valence-corrected chi connectivity index (χ4v) is 0.817. The maximum Gasteiger partial charge on any atom is 1.00 e. The minimum atomic E-state index is -5.17. The molecule has 0 aromatic carbocycles. The molecule has 15 heteroatoms. The van der Waals surface area contributed by atoms with E-state index in [2.05, 4.69) is 21.3 Å². The minimum Gasteiger partial charge on any atom is -0.759 e. The number of unbranched alkanes of at least 4 members (excludes halogenated alkanes) is 1. The average Bonchev–Trinajstić information content (AvgIpc) is 2.46. The molecule has 146 valence electrons. The van der Waals surface area contributed by atoms with E-state index in [-0.39, 0.29) is 78.2 Å². The standard InChI is InChI=1S/C7H9NO3.C5H14N4.2Na.H2O4S/c1-6(2)7(10)11-4-3-8-5-9;6-3-1-2-4-9-5(7)8;;;1-5(2,3)4/h1,3-4H2,2H3;1-4,6H2,(H4,7,8,9);;;(H2,1,2,3,4)/q;;2*+1;/p-2. The zero-order valence-corrected chi connectivity index (χ0v) is 20.7. The Hall–Kier alpha value is -0.310. The second-order valence-electron chi connectivity index (χ2n) is 4.10. The van der Waals surface area contributed by atoms with Gasteiger partial charge in [-0.2, -0.15) is 0 Å². The zero-order chi connectivity index (χ0) is 20.3. The summed E-state index contributed by atoms with van der Waals surface area (Å²) >= 11 is 0. The average molecular weight is 427 g/mol.